The fraction of sp³-hybridized carbons (Fsp3) is 0.0625. The normalized spacial score (nSPS) is 13.5. The van der Waals surface area contributed by atoms with Crippen molar-refractivity contribution in [2.75, 3.05) is 6.61 Å². The van der Waals surface area contributed by atoms with Gasteiger partial charge in [-0.3, -0.25) is 0 Å². The lowest BCUT2D eigenvalue weighted by Gasteiger charge is -2.16. The van der Waals surface area contributed by atoms with Gasteiger partial charge in [0.15, 0.2) is 0 Å². The Morgan fingerprint density at radius 1 is 1.10 bits per heavy atom. The first kappa shape index (κ1) is 12.3. The molecule has 100 valence electrons. The lowest BCUT2D eigenvalue weighted by molar-refractivity contribution is 0.319. The second kappa shape index (κ2) is 5.48. The number of oxime groups is 1. The Morgan fingerprint density at radius 2 is 1.95 bits per heavy atom. The summed E-state index contributed by atoms with van der Waals surface area (Å²) in [5.41, 5.74) is 1.71. The summed E-state index contributed by atoms with van der Waals surface area (Å²) >= 11 is 0. The van der Waals surface area contributed by atoms with E-state index in [1.165, 1.54) is 6.21 Å². The highest BCUT2D eigenvalue weighted by Crippen LogP contribution is 2.31. The van der Waals surface area contributed by atoms with Gasteiger partial charge in [-0.05, 0) is 36.4 Å². The topological polar surface area (TPSA) is 51.1 Å². The maximum absolute atomic E-state index is 8.56. The van der Waals surface area contributed by atoms with E-state index in [1.807, 2.05) is 54.6 Å². The Labute approximate surface area is 116 Å². The highest BCUT2D eigenvalue weighted by atomic mass is 16.5. The van der Waals surface area contributed by atoms with Gasteiger partial charge < -0.3 is 14.7 Å². The van der Waals surface area contributed by atoms with Crippen molar-refractivity contribution in [3.05, 3.63) is 59.7 Å². The van der Waals surface area contributed by atoms with Crippen LogP contribution in [0.2, 0.25) is 0 Å². The molecular formula is C16H13NO3. The van der Waals surface area contributed by atoms with Crippen molar-refractivity contribution in [1.82, 2.24) is 0 Å². The zero-order valence-electron chi connectivity index (χ0n) is 10.7. The summed E-state index contributed by atoms with van der Waals surface area (Å²) < 4.78 is 11.3. The predicted octanol–water partition coefficient (Wildman–Crippen LogP) is 3.71. The highest BCUT2D eigenvalue weighted by molar-refractivity contribution is 5.87. The monoisotopic (exact) mass is 267 g/mol. The Hall–Kier alpha value is -2.75. The number of para-hydroxylation sites is 1. The molecule has 1 N–H and O–H groups in total. The van der Waals surface area contributed by atoms with Crippen LogP contribution >= 0.6 is 0 Å². The Bertz CT molecular complexity index is 663. The summed E-state index contributed by atoms with van der Waals surface area (Å²) in [7, 11) is 0. The first-order chi connectivity index (χ1) is 9.85. The van der Waals surface area contributed by atoms with Crippen LogP contribution in [0.5, 0.6) is 17.2 Å². The molecule has 0 spiro atoms. The number of fused-ring (bicyclic) bond motifs is 1. The van der Waals surface area contributed by atoms with Crippen LogP contribution in [0.1, 0.15) is 5.56 Å². The fourth-order valence-electron chi connectivity index (χ4n) is 2.01. The molecule has 1 heterocycles. The molecule has 1 aliphatic rings. The number of hydrogen-bond acceptors (Lipinski definition) is 4. The van der Waals surface area contributed by atoms with E-state index in [4.69, 9.17) is 14.7 Å². The smallest absolute Gasteiger partial charge is 0.128 e. The Balaban J connectivity index is 1.88. The van der Waals surface area contributed by atoms with Gasteiger partial charge in [-0.2, -0.15) is 0 Å². The minimum atomic E-state index is 0.399. The maximum Gasteiger partial charge on any atom is 0.128 e. The summed E-state index contributed by atoms with van der Waals surface area (Å²) in [6, 6.07) is 15.2. The van der Waals surface area contributed by atoms with Gasteiger partial charge in [0.1, 0.15) is 23.9 Å². The van der Waals surface area contributed by atoms with Gasteiger partial charge in [0.2, 0.25) is 0 Å². The van der Waals surface area contributed by atoms with E-state index >= 15 is 0 Å². The lowest BCUT2D eigenvalue weighted by Crippen LogP contribution is -2.08. The first-order valence-electron chi connectivity index (χ1n) is 6.23. The molecule has 0 bridgehead atoms. The SMILES string of the molecule is ON=CC1=Cc2cc(Oc3ccccc3)ccc2OC1. The van der Waals surface area contributed by atoms with E-state index < -0.39 is 0 Å². The molecule has 0 radical (unpaired) electrons. The molecule has 0 saturated heterocycles. The number of ether oxygens (including phenoxy) is 2. The second-order valence-corrected chi connectivity index (χ2v) is 4.37. The van der Waals surface area contributed by atoms with Crippen LogP contribution in [0.3, 0.4) is 0 Å². The molecule has 4 heteroatoms. The van der Waals surface area contributed by atoms with E-state index in [0.29, 0.717) is 6.61 Å². The van der Waals surface area contributed by atoms with E-state index in [0.717, 1.165) is 28.4 Å². The summed E-state index contributed by atoms with van der Waals surface area (Å²) in [5.74, 6) is 2.31. The van der Waals surface area contributed by atoms with E-state index in [2.05, 4.69) is 5.16 Å². The van der Waals surface area contributed by atoms with Crippen molar-refractivity contribution in [3.63, 3.8) is 0 Å². The number of benzene rings is 2. The third-order valence-corrected chi connectivity index (χ3v) is 2.92. The molecule has 20 heavy (non-hydrogen) atoms. The molecule has 0 fully saturated rings. The van der Waals surface area contributed by atoms with Crippen molar-refractivity contribution < 1.29 is 14.7 Å². The number of rotatable bonds is 3. The summed E-state index contributed by atoms with van der Waals surface area (Å²) in [5, 5.41) is 11.6. The molecule has 0 saturated carbocycles. The van der Waals surface area contributed by atoms with Crippen molar-refractivity contribution >= 4 is 12.3 Å². The molecule has 2 aromatic carbocycles. The molecule has 0 unspecified atom stereocenters. The largest absolute Gasteiger partial charge is 0.488 e. The summed E-state index contributed by atoms with van der Waals surface area (Å²) in [6.07, 6.45) is 3.28. The van der Waals surface area contributed by atoms with Crippen molar-refractivity contribution in [2.45, 2.75) is 0 Å². The van der Waals surface area contributed by atoms with Crippen LogP contribution in [0.4, 0.5) is 0 Å². The first-order valence-corrected chi connectivity index (χ1v) is 6.23. The van der Waals surface area contributed by atoms with Crippen molar-refractivity contribution in [1.29, 1.82) is 0 Å². The van der Waals surface area contributed by atoms with E-state index in [-0.39, 0.29) is 0 Å². The van der Waals surface area contributed by atoms with Gasteiger partial charge in [-0.15, -0.1) is 0 Å². The zero-order valence-corrected chi connectivity index (χ0v) is 10.7. The maximum atomic E-state index is 8.56. The van der Waals surface area contributed by atoms with Gasteiger partial charge >= 0.3 is 0 Å². The standard InChI is InChI=1S/C16H13NO3/c18-17-10-12-8-13-9-15(6-7-16(13)19-11-12)20-14-4-2-1-3-5-14/h1-10,18H,11H2. The third-order valence-electron chi connectivity index (χ3n) is 2.92. The number of hydrogen-bond donors (Lipinski definition) is 1. The third kappa shape index (κ3) is 2.64. The fourth-order valence-corrected chi connectivity index (χ4v) is 2.01. The van der Waals surface area contributed by atoms with Gasteiger partial charge in [0, 0.05) is 11.1 Å². The molecule has 0 atom stereocenters. The van der Waals surface area contributed by atoms with Crippen LogP contribution < -0.4 is 9.47 Å². The average Bonchev–Trinajstić information content (AvgIpc) is 2.48. The van der Waals surface area contributed by atoms with Gasteiger partial charge in [0.05, 0.1) is 6.21 Å². The van der Waals surface area contributed by atoms with Crippen LogP contribution in [0.25, 0.3) is 6.08 Å². The molecule has 1 aliphatic heterocycles. The average molecular weight is 267 g/mol. The second-order valence-electron chi connectivity index (χ2n) is 4.37. The Kier molecular flexibility index (Phi) is 3.37. The molecule has 0 aromatic heterocycles. The molecule has 0 aliphatic carbocycles. The van der Waals surface area contributed by atoms with Crippen LogP contribution in [-0.2, 0) is 0 Å². The lowest BCUT2D eigenvalue weighted by atomic mass is 10.1. The van der Waals surface area contributed by atoms with Crippen molar-refractivity contribution in [3.8, 4) is 17.2 Å². The Morgan fingerprint density at radius 3 is 2.75 bits per heavy atom. The van der Waals surface area contributed by atoms with Crippen LogP contribution in [0.15, 0.2) is 59.3 Å². The van der Waals surface area contributed by atoms with Gasteiger partial charge in [-0.1, -0.05) is 23.4 Å². The summed E-state index contributed by atoms with van der Waals surface area (Å²) in [4.78, 5) is 0. The quantitative estimate of drug-likeness (QED) is 0.524. The minimum Gasteiger partial charge on any atom is -0.488 e. The van der Waals surface area contributed by atoms with E-state index in [9.17, 15) is 0 Å². The molecule has 4 nitrogen and oxygen atoms in total. The van der Waals surface area contributed by atoms with Gasteiger partial charge in [0.25, 0.3) is 0 Å². The molecular weight excluding hydrogens is 254 g/mol. The molecule has 3 rings (SSSR count). The highest BCUT2D eigenvalue weighted by Gasteiger charge is 2.11. The summed E-state index contributed by atoms with van der Waals surface area (Å²) in [6.45, 7) is 0.399. The zero-order chi connectivity index (χ0) is 13.8. The minimum absolute atomic E-state index is 0.399. The molecule has 2 aromatic rings. The predicted molar refractivity (Wildman–Crippen MR) is 76.7 cm³/mol. The number of nitrogens with zero attached hydrogens (tertiary/aromatic N) is 1. The van der Waals surface area contributed by atoms with Crippen molar-refractivity contribution in [2.24, 2.45) is 5.16 Å². The molecule has 0 amide bonds. The van der Waals surface area contributed by atoms with Crippen LogP contribution in [0, 0.1) is 0 Å². The van der Waals surface area contributed by atoms with Crippen LogP contribution in [-0.4, -0.2) is 18.0 Å². The van der Waals surface area contributed by atoms with E-state index in [1.54, 1.807) is 0 Å². The van der Waals surface area contributed by atoms with Gasteiger partial charge in [-0.25, -0.2) is 0 Å².